The number of thiophene rings is 1. The van der Waals surface area contributed by atoms with Crippen LogP contribution >= 0.6 is 23.1 Å². The zero-order valence-corrected chi connectivity index (χ0v) is 15.9. The van der Waals surface area contributed by atoms with E-state index >= 15 is 0 Å². The van der Waals surface area contributed by atoms with Crippen LogP contribution in [0.15, 0.2) is 59.1 Å². The minimum Gasteiger partial charge on any atom is -0.302 e. The first-order valence-electron chi connectivity index (χ1n) is 8.35. The summed E-state index contributed by atoms with van der Waals surface area (Å²) in [4.78, 5) is 0. The second kappa shape index (κ2) is 7.02. The van der Waals surface area contributed by atoms with Crippen LogP contribution in [0.5, 0.6) is 0 Å². The highest BCUT2D eigenvalue weighted by Crippen LogP contribution is 2.34. The Labute approximate surface area is 155 Å². The van der Waals surface area contributed by atoms with Crippen LogP contribution in [0.3, 0.4) is 0 Å². The number of thioether (sulfide) groups is 1. The van der Waals surface area contributed by atoms with Crippen molar-refractivity contribution in [2.24, 2.45) is 0 Å². The Kier molecular flexibility index (Phi) is 4.59. The molecule has 2 aromatic heterocycles. The maximum absolute atomic E-state index is 4.51. The average Bonchev–Trinajstić information content (AvgIpc) is 3.24. The standard InChI is InChI=1S/C20H19N3S2/c1-3-23-19(17-13-24-18-11-7-6-10-16(17)18)21-22-20(23)25-12-15-9-5-4-8-14(15)2/h4-11,13H,3,12H2,1-2H3. The molecule has 2 heterocycles. The van der Waals surface area contributed by atoms with Gasteiger partial charge in [0.25, 0.3) is 0 Å². The van der Waals surface area contributed by atoms with E-state index in [1.54, 1.807) is 23.1 Å². The first-order valence-corrected chi connectivity index (χ1v) is 10.2. The van der Waals surface area contributed by atoms with Crippen molar-refractivity contribution in [3.05, 3.63) is 65.0 Å². The summed E-state index contributed by atoms with van der Waals surface area (Å²) in [5, 5.41) is 13.4. The maximum Gasteiger partial charge on any atom is 0.191 e. The lowest BCUT2D eigenvalue weighted by Gasteiger charge is -2.08. The van der Waals surface area contributed by atoms with Crippen LogP contribution in [-0.4, -0.2) is 14.8 Å². The number of aryl methyl sites for hydroxylation is 1. The van der Waals surface area contributed by atoms with Crippen LogP contribution in [0, 0.1) is 6.92 Å². The number of benzene rings is 2. The molecule has 0 bridgehead atoms. The molecule has 0 spiro atoms. The monoisotopic (exact) mass is 365 g/mol. The lowest BCUT2D eigenvalue weighted by molar-refractivity contribution is 0.687. The molecule has 4 rings (SSSR count). The van der Waals surface area contributed by atoms with Crippen LogP contribution in [0.4, 0.5) is 0 Å². The van der Waals surface area contributed by atoms with E-state index in [0.717, 1.165) is 23.3 Å². The van der Waals surface area contributed by atoms with Gasteiger partial charge in [0.15, 0.2) is 11.0 Å². The normalized spacial score (nSPS) is 11.3. The molecular weight excluding hydrogens is 346 g/mol. The molecule has 25 heavy (non-hydrogen) atoms. The Morgan fingerprint density at radius 1 is 1.04 bits per heavy atom. The molecule has 2 aromatic carbocycles. The van der Waals surface area contributed by atoms with Gasteiger partial charge in [0, 0.05) is 33.3 Å². The van der Waals surface area contributed by atoms with E-state index in [0.29, 0.717) is 0 Å². The van der Waals surface area contributed by atoms with Gasteiger partial charge in [0.05, 0.1) is 0 Å². The van der Waals surface area contributed by atoms with Crippen molar-refractivity contribution >= 4 is 33.2 Å². The minimum atomic E-state index is 0.864. The molecule has 0 saturated carbocycles. The van der Waals surface area contributed by atoms with Crippen LogP contribution in [0.2, 0.25) is 0 Å². The molecule has 0 amide bonds. The van der Waals surface area contributed by atoms with Crippen LogP contribution < -0.4 is 0 Å². The quantitative estimate of drug-likeness (QED) is 0.420. The molecule has 0 aliphatic heterocycles. The van der Waals surface area contributed by atoms with Crippen molar-refractivity contribution in [3.63, 3.8) is 0 Å². The Morgan fingerprint density at radius 2 is 1.84 bits per heavy atom. The summed E-state index contributed by atoms with van der Waals surface area (Å²) in [5.74, 6) is 1.88. The number of aromatic nitrogens is 3. The molecule has 5 heteroatoms. The first-order chi connectivity index (χ1) is 12.3. The average molecular weight is 366 g/mol. The van der Waals surface area contributed by atoms with Gasteiger partial charge in [-0.05, 0) is 31.0 Å². The number of hydrogen-bond acceptors (Lipinski definition) is 4. The van der Waals surface area contributed by atoms with Gasteiger partial charge < -0.3 is 4.57 Å². The predicted octanol–water partition coefficient (Wildman–Crippen LogP) is 5.78. The summed E-state index contributed by atoms with van der Waals surface area (Å²) in [6.45, 7) is 5.17. The summed E-state index contributed by atoms with van der Waals surface area (Å²) in [6, 6.07) is 17.0. The molecule has 126 valence electrons. The zero-order valence-electron chi connectivity index (χ0n) is 14.3. The molecule has 0 atom stereocenters. The van der Waals surface area contributed by atoms with Crippen LogP contribution in [-0.2, 0) is 12.3 Å². The predicted molar refractivity (Wildman–Crippen MR) is 107 cm³/mol. The molecule has 0 aliphatic carbocycles. The van der Waals surface area contributed by atoms with E-state index in [4.69, 9.17) is 0 Å². The van der Waals surface area contributed by atoms with Crippen molar-refractivity contribution in [1.82, 2.24) is 14.8 Å². The number of fused-ring (bicyclic) bond motifs is 1. The van der Waals surface area contributed by atoms with Crippen LogP contribution in [0.25, 0.3) is 21.5 Å². The highest BCUT2D eigenvalue weighted by Gasteiger charge is 2.16. The van der Waals surface area contributed by atoms with Crippen LogP contribution in [0.1, 0.15) is 18.1 Å². The number of hydrogen-bond donors (Lipinski definition) is 0. The van der Waals surface area contributed by atoms with Crippen molar-refractivity contribution in [1.29, 1.82) is 0 Å². The molecule has 0 unspecified atom stereocenters. The molecule has 4 aromatic rings. The second-order valence-corrected chi connectivity index (χ2v) is 7.76. The van der Waals surface area contributed by atoms with Gasteiger partial charge >= 0.3 is 0 Å². The van der Waals surface area contributed by atoms with E-state index in [1.165, 1.54) is 26.8 Å². The lowest BCUT2D eigenvalue weighted by atomic mass is 10.1. The zero-order chi connectivity index (χ0) is 17.2. The summed E-state index contributed by atoms with van der Waals surface area (Å²) in [7, 11) is 0. The lowest BCUT2D eigenvalue weighted by Crippen LogP contribution is -1.99. The Balaban J connectivity index is 1.66. The summed E-state index contributed by atoms with van der Waals surface area (Å²) < 4.78 is 3.51. The van der Waals surface area contributed by atoms with E-state index < -0.39 is 0 Å². The third-order valence-electron chi connectivity index (χ3n) is 4.37. The van der Waals surface area contributed by atoms with Gasteiger partial charge in [-0.1, -0.05) is 54.2 Å². The van der Waals surface area contributed by atoms with Gasteiger partial charge in [-0.3, -0.25) is 0 Å². The smallest absolute Gasteiger partial charge is 0.191 e. The summed E-state index contributed by atoms with van der Waals surface area (Å²) >= 11 is 3.52. The molecule has 0 radical (unpaired) electrons. The largest absolute Gasteiger partial charge is 0.302 e. The fourth-order valence-electron chi connectivity index (χ4n) is 2.95. The highest BCUT2D eigenvalue weighted by molar-refractivity contribution is 7.98. The molecule has 0 aliphatic rings. The third kappa shape index (κ3) is 3.10. The Hall–Kier alpha value is -2.11. The fraction of sp³-hybridized carbons (Fsp3) is 0.200. The van der Waals surface area contributed by atoms with Gasteiger partial charge in [-0.2, -0.15) is 0 Å². The molecule has 0 fully saturated rings. The van der Waals surface area contributed by atoms with Crippen molar-refractivity contribution in [2.45, 2.75) is 31.3 Å². The minimum absolute atomic E-state index is 0.864. The SMILES string of the molecule is CCn1c(SCc2ccccc2C)nnc1-c1csc2ccccc12. The van der Waals surface area contributed by atoms with Crippen molar-refractivity contribution in [2.75, 3.05) is 0 Å². The van der Waals surface area contributed by atoms with Gasteiger partial charge in [0.2, 0.25) is 0 Å². The summed E-state index contributed by atoms with van der Waals surface area (Å²) in [6.07, 6.45) is 0. The fourth-order valence-corrected chi connectivity index (χ4v) is 4.96. The molecule has 0 saturated heterocycles. The molecule has 0 N–H and O–H groups in total. The Morgan fingerprint density at radius 3 is 2.68 bits per heavy atom. The van der Waals surface area contributed by atoms with E-state index in [2.05, 4.69) is 82.5 Å². The van der Waals surface area contributed by atoms with Crippen molar-refractivity contribution in [3.8, 4) is 11.4 Å². The van der Waals surface area contributed by atoms with Gasteiger partial charge in [-0.15, -0.1) is 21.5 Å². The van der Waals surface area contributed by atoms with Gasteiger partial charge in [-0.25, -0.2) is 0 Å². The number of rotatable bonds is 5. The molecule has 3 nitrogen and oxygen atoms in total. The second-order valence-electron chi connectivity index (χ2n) is 5.91. The van der Waals surface area contributed by atoms with E-state index in [9.17, 15) is 0 Å². The van der Waals surface area contributed by atoms with E-state index in [-0.39, 0.29) is 0 Å². The topological polar surface area (TPSA) is 30.7 Å². The molecular formula is C20H19N3S2. The van der Waals surface area contributed by atoms with E-state index in [1.807, 2.05) is 0 Å². The third-order valence-corrected chi connectivity index (χ3v) is 6.35. The highest BCUT2D eigenvalue weighted by atomic mass is 32.2. The summed E-state index contributed by atoms with van der Waals surface area (Å²) in [5.41, 5.74) is 3.85. The maximum atomic E-state index is 4.51. The van der Waals surface area contributed by atoms with Crippen molar-refractivity contribution < 1.29 is 0 Å². The van der Waals surface area contributed by atoms with Gasteiger partial charge in [0.1, 0.15) is 0 Å². The Bertz CT molecular complexity index is 1020. The first kappa shape index (κ1) is 16.4. The number of nitrogens with zero attached hydrogens (tertiary/aromatic N) is 3.